The Morgan fingerprint density at radius 2 is 2.09 bits per heavy atom. The van der Waals surface area contributed by atoms with E-state index in [1.807, 2.05) is 17.5 Å². The summed E-state index contributed by atoms with van der Waals surface area (Å²) < 4.78 is 6.62. The van der Waals surface area contributed by atoms with Crippen molar-refractivity contribution in [1.29, 1.82) is 0 Å². The maximum absolute atomic E-state index is 12.8. The van der Waals surface area contributed by atoms with E-state index in [1.54, 1.807) is 0 Å². The SMILES string of the molecule is C[N+]1(C)CC[C@H](OC(=O)[C@](O)(c2cccs2)C2CCCC2)C1. The van der Waals surface area contributed by atoms with Crippen molar-refractivity contribution in [3.05, 3.63) is 22.4 Å². The van der Waals surface area contributed by atoms with Gasteiger partial charge in [0.2, 0.25) is 0 Å². The number of thiophene rings is 1. The lowest BCUT2D eigenvalue weighted by Crippen LogP contribution is -2.45. The maximum Gasteiger partial charge on any atom is 0.344 e. The molecule has 122 valence electrons. The topological polar surface area (TPSA) is 46.5 Å². The highest BCUT2D eigenvalue weighted by molar-refractivity contribution is 7.10. The number of nitrogens with zero attached hydrogens (tertiary/aromatic N) is 1. The lowest BCUT2D eigenvalue weighted by molar-refractivity contribution is -0.879. The molecule has 0 amide bonds. The largest absolute Gasteiger partial charge is 0.454 e. The van der Waals surface area contributed by atoms with E-state index in [1.165, 1.54) is 11.3 Å². The van der Waals surface area contributed by atoms with E-state index in [0.717, 1.165) is 54.6 Å². The van der Waals surface area contributed by atoms with Gasteiger partial charge >= 0.3 is 5.97 Å². The van der Waals surface area contributed by atoms with Crippen LogP contribution in [-0.2, 0) is 15.1 Å². The predicted octanol–water partition coefficient (Wildman–Crippen LogP) is 2.52. The van der Waals surface area contributed by atoms with Crippen molar-refractivity contribution in [2.24, 2.45) is 5.92 Å². The Balaban J connectivity index is 1.79. The molecule has 1 aromatic rings. The van der Waals surface area contributed by atoms with Gasteiger partial charge in [0.25, 0.3) is 0 Å². The summed E-state index contributed by atoms with van der Waals surface area (Å²) in [4.78, 5) is 13.6. The zero-order valence-corrected chi connectivity index (χ0v) is 14.3. The molecule has 5 heteroatoms. The van der Waals surface area contributed by atoms with Gasteiger partial charge in [-0.3, -0.25) is 0 Å². The molecule has 2 aliphatic rings. The van der Waals surface area contributed by atoms with Crippen LogP contribution in [0.15, 0.2) is 17.5 Å². The van der Waals surface area contributed by atoms with Gasteiger partial charge in [-0.05, 0) is 24.3 Å². The first-order valence-corrected chi connectivity index (χ1v) is 9.09. The smallest absolute Gasteiger partial charge is 0.344 e. The minimum atomic E-state index is -1.45. The van der Waals surface area contributed by atoms with Crippen LogP contribution in [0.25, 0.3) is 0 Å². The highest BCUT2D eigenvalue weighted by Crippen LogP contribution is 2.43. The lowest BCUT2D eigenvalue weighted by atomic mass is 9.84. The summed E-state index contributed by atoms with van der Waals surface area (Å²) in [6.07, 6.45) is 4.77. The van der Waals surface area contributed by atoms with Crippen molar-refractivity contribution in [3.8, 4) is 0 Å². The summed E-state index contributed by atoms with van der Waals surface area (Å²) in [6.45, 7) is 1.84. The molecule has 1 aliphatic heterocycles. The van der Waals surface area contributed by atoms with Gasteiger partial charge in [0.1, 0.15) is 6.54 Å². The zero-order chi connectivity index (χ0) is 15.8. The second-order valence-electron chi connectivity index (χ2n) is 7.38. The Kier molecular flexibility index (Phi) is 4.32. The summed E-state index contributed by atoms with van der Waals surface area (Å²) in [6, 6.07) is 3.75. The van der Waals surface area contributed by atoms with Crippen LogP contribution < -0.4 is 0 Å². The third kappa shape index (κ3) is 2.94. The molecule has 3 rings (SSSR count). The minimum Gasteiger partial charge on any atom is -0.454 e. The number of aliphatic hydroxyl groups is 1. The fourth-order valence-corrected chi connectivity index (χ4v) is 4.76. The van der Waals surface area contributed by atoms with Crippen molar-refractivity contribution >= 4 is 17.3 Å². The average Bonchev–Trinajstić information content (AvgIpc) is 3.19. The lowest BCUT2D eigenvalue weighted by Gasteiger charge is -2.32. The molecular weight excluding hydrogens is 298 g/mol. The summed E-state index contributed by atoms with van der Waals surface area (Å²) in [5.41, 5.74) is -1.45. The normalized spacial score (nSPS) is 27.7. The quantitative estimate of drug-likeness (QED) is 0.684. The molecule has 2 fully saturated rings. The Hall–Kier alpha value is -0.910. The van der Waals surface area contributed by atoms with Crippen LogP contribution in [0.5, 0.6) is 0 Å². The summed E-state index contributed by atoms with van der Waals surface area (Å²) >= 11 is 1.45. The number of likely N-dealkylation sites (tertiary alicyclic amines) is 1. The number of hydrogen-bond donors (Lipinski definition) is 1. The van der Waals surface area contributed by atoms with Crippen LogP contribution in [-0.4, -0.2) is 48.8 Å². The van der Waals surface area contributed by atoms with Gasteiger partial charge in [-0.2, -0.15) is 0 Å². The number of ether oxygens (including phenoxy) is 1. The number of carbonyl (C=O) groups is 1. The third-order valence-corrected chi connectivity index (χ3v) is 6.18. The van der Waals surface area contributed by atoms with Gasteiger partial charge < -0.3 is 14.3 Å². The molecule has 1 aromatic heterocycles. The fraction of sp³-hybridized carbons (Fsp3) is 0.706. The molecule has 4 nitrogen and oxygen atoms in total. The van der Waals surface area contributed by atoms with Gasteiger partial charge in [-0.25, -0.2) is 4.79 Å². The van der Waals surface area contributed by atoms with Crippen molar-refractivity contribution in [2.75, 3.05) is 27.2 Å². The Labute approximate surface area is 136 Å². The van der Waals surface area contributed by atoms with Crippen molar-refractivity contribution in [2.45, 2.75) is 43.8 Å². The molecule has 0 bridgehead atoms. The first kappa shape index (κ1) is 16.0. The number of carbonyl (C=O) groups excluding carboxylic acids is 1. The molecule has 22 heavy (non-hydrogen) atoms. The summed E-state index contributed by atoms with van der Waals surface area (Å²) in [5, 5.41) is 13.2. The van der Waals surface area contributed by atoms with Gasteiger partial charge in [0, 0.05) is 17.2 Å². The predicted molar refractivity (Wildman–Crippen MR) is 86.5 cm³/mol. The maximum atomic E-state index is 12.8. The van der Waals surface area contributed by atoms with E-state index in [0.29, 0.717) is 0 Å². The molecule has 2 heterocycles. The second kappa shape index (κ2) is 5.95. The van der Waals surface area contributed by atoms with Crippen molar-refractivity contribution in [1.82, 2.24) is 0 Å². The minimum absolute atomic E-state index is 0.0115. The monoisotopic (exact) mass is 324 g/mol. The Bertz CT molecular complexity index is 522. The molecule has 0 aromatic carbocycles. The van der Waals surface area contributed by atoms with E-state index in [2.05, 4.69) is 14.1 Å². The second-order valence-corrected chi connectivity index (χ2v) is 8.33. The third-order valence-electron chi connectivity index (χ3n) is 5.18. The van der Waals surface area contributed by atoms with E-state index in [4.69, 9.17) is 4.74 Å². The van der Waals surface area contributed by atoms with E-state index in [-0.39, 0.29) is 12.0 Å². The van der Waals surface area contributed by atoms with Gasteiger partial charge in [0.15, 0.2) is 11.7 Å². The standard InChI is InChI=1S/C17H26NO3S/c1-18(2)10-9-14(12-18)21-16(19)17(20,13-6-3-4-7-13)15-8-5-11-22-15/h5,8,11,13-14,20H,3-4,6-7,9-10,12H2,1-2H3/q+1/t14-,17+/m0/s1. The Morgan fingerprint density at radius 1 is 1.36 bits per heavy atom. The molecule has 1 N–H and O–H groups in total. The highest BCUT2D eigenvalue weighted by Gasteiger charge is 2.50. The fourth-order valence-electron chi connectivity index (χ4n) is 3.87. The number of esters is 1. The van der Waals surface area contributed by atoms with Crippen LogP contribution in [0.3, 0.4) is 0 Å². The van der Waals surface area contributed by atoms with Crippen LogP contribution >= 0.6 is 11.3 Å². The Morgan fingerprint density at radius 3 is 2.64 bits per heavy atom. The van der Waals surface area contributed by atoms with Gasteiger partial charge in [-0.15, -0.1) is 11.3 Å². The first-order chi connectivity index (χ1) is 10.4. The number of rotatable bonds is 4. The van der Waals surface area contributed by atoms with Crippen LogP contribution in [0.4, 0.5) is 0 Å². The average molecular weight is 324 g/mol. The number of hydrogen-bond acceptors (Lipinski definition) is 4. The van der Waals surface area contributed by atoms with E-state index < -0.39 is 11.6 Å². The van der Waals surface area contributed by atoms with Crippen molar-refractivity contribution in [3.63, 3.8) is 0 Å². The number of likely N-dealkylation sites (N-methyl/N-ethyl adjacent to an activating group) is 1. The van der Waals surface area contributed by atoms with Crippen LogP contribution in [0, 0.1) is 5.92 Å². The molecular formula is C17H26NO3S+. The summed E-state index contributed by atoms with van der Waals surface area (Å²) in [5.74, 6) is -0.448. The van der Waals surface area contributed by atoms with Crippen molar-refractivity contribution < 1.29 is 19.1 Å². The molecule has 1 aliphatic carbocycles. The molecule has 1 saturated heterocycles. The number of quaternary nitrogens is 1. The van der Waals surface area contributed by atoms with Crippen LogP contribution in [0.2, 0.25) is 0 Å². The first-order valence-electron chi connectivity index (χ1n) is 8.21. The highest BCUT2D eigenvalue weighted by atomic mass is 32.1. The van der Waals surface area contributed by atoms with E-state index in [9.17, 15) is 9.90 Å². The zero-order valence-electron chi connectivity index (χ0n) is 13.5. The van der Waals surface area contributed by atoms with Gasteiger partial charge in [0.05, 0.1) is 20.6 Å². The molecule has 0 unspecified atom stereocenters. The van der Waals surface area contributed by atoms with Gasteiger partial charge in [-0.1, -0.05) is 18.9 Å². The molecule has 1 saturated carbocycles. The molecule has 0 spiro atoms. The summed E-state index contributed by atoms with van der Waals surface area (Å²) in [7, 11) is 4.30. The van der Waals surface area contributed by atoms with E-state index >= 15 is 0 Å². The molecule has 2 atom stereocenters. The van der Waals surface area contributed by atoms with Crippen LogP contribution in [0.1, 0.15) is 37.0 Å². The molecule has 0 radical (unpaired) electrons.